The van der Waals surface area contributed by atoms with Crippen molar-refractivity contribution in [2.45, 2.75) is 53.8 Å². The van der Waals surface area contributed by atoms with Gasteiger partial charge in [-0.2, -0.15) is 9.68 Å². The van der Waals surface area contributed by atoms with E-state index in [0.717, 1.165) is 0 Å². The molecule has 0 aromatic carbocycles. The van der Waals surface area contributed by atoms with Gasteiger partial charge in [0.1, 0.15) is 4.91 Å². The largest absolute Gasteiger partial charge is 0.478 e. The van der Waals surface area contributed by atoms with Gasteiger partial charge in [-0.1, -0.05) is 27.7 Å². The van der Waals surface area contributed by atoms with Crippen LogP contribution in [0.1, 0.15) is 41.5 Å². The summed E-state index contributed by atoms with van der Waals surface area (Å²) in [6.07, 6.45) is -0.265. The normalized spacial score (nSPS) is 15.4. The first-order chi connectivity index (χ1) is 6.34. The van der Waals surface area contributed by atoms with Crippen molar-refractivity contribution < 1.29 is 14.8 Å². The quantitative estimate of drug-likeness (QED) is 0.624. The van der Waals surface area contributed by atoms with Crippen molar-refractivity contribution in [3.63, 3.8) is 0 Å². The molecule has 2 unspecified atom stereocenters. The number of hydrogen-bond acceptors (Lipinski definition) is 3. The van der Waals surface area contributed by atoms with Crippen LogP contribution < -0.4 is 0 Å². The maximum Gasteiger partial charge on any atom is 0.478 e. The standard InChI is InChI=1S/C10H22NO3/c1-7(2)9(5)13-11(12)14-10(6)8(3)4/h7-10H,1-6H3/q+1. The molecule has 0 fully saturated rings. The lowest BCUT2D eigenvalue weighted by Crippen LogP contribution is -2.27. The summed E-state index contributed by atoms with van der Waals surface area (Å²) in [5.41, 5.74) is 0. The van der Waals surface area contributed by atoms with E-state index < -0.39 is 0 Å². The van der Waals surface area contributed by atoms with Crippen LogP contribution in [-0.4, -0.2) is 17.3 Å². The zero-order chi connectivity index (χ0) is 11.3. The molecule has 0 saturated carbocycles. The Labute approximate surface area is 86.1 Å². The lowest BCUT2D eigenvalue weighted by atomic mass is 10.1. The molecule has 0 heterocycles. The highest BCUT2D eigenvalue weighted by atomic mass is 17.0. The van der Waals surface area contributed by atoms with Crippen LogP contribution in [-0.2, 0) is 9.68 Å². The van der Waals surface area contributed by atoms with E-state index in [0.29, 0.717) is 11.8 Å². The third-order valence-corrected chi connectivity index (χ3v) is 2.38. The number of hydrogen-bond donors (Lipinski definition) is 0. The smallest absolute Gasteiger partial charge is 0.183 e. The molecule has 0 spiro atoms. The van der Waals surface area contributed by atoms with Gasteiger partial charge in [0.15, 0.2) is 12.2 Å². The molecule has 0 amide bonds. The van der Waals surface area contributed by atoms with E-state index in [1.807, 2.05) is 41.5 Å². The third kappa shape index (κ3) is 5.04. The number of nitrogens with zero attached hydrogens (tertiary/aromatic N) is 1. The van der Waals surface area contributed by atoms with Crippen molar-refractivity contribution >= 4 is 0 Å². The monoisotopic (exact) mass is 204 g/mol. The van der Waals surface area contributed by atoms with E-state index in [9.17, 15) is 4.91 Å². The minimum absolute atomic E-state index is 0.133. The topological polar surface area (TPSA) is 38.5 Å². The van der Waals surface area contributed by atoms with Crippen LogP contribution in [0.2, 0.25) is 0 Å². The first kappa shape index (κ1) is 13.2. The maximum atomic E-state index is 11.1. The van der Waals surface area contributed by atoms with Gasteiger partial charge in [-0.25, -0.2) is 0 Å². The highest BCUT2D eigenvalue weighted by Crippen LogP contribution is 2.09. The second-order valence-corrected chi connectivity index (χ2v) is 4.33. The Morgan fingerprint density at radius 1 is 0.786 bits per heavy atom. The molecule has 0 radical (unpaired) electrons. The van der Waals surface area contributed by atoms with Crippen molar-refractivity contribution in [3.8, 4) is 0 Å². The molecule has 4 heteroatoms. The summed E-state index contributed by atoms with van der Waals surface area (Å²) in [5, 5.41) is 0.231. The minimum Gasteiger partial charge on any atom is -0.183 e. The van der Waals surface area contributed by atoms with Crippen molar-refractivity contribution in [1.29, 1.82) is 0 Å². The van der Waals surface area contributed by atoms with Crippen LogP contribution in [0.5, 0.6) is 0 Å². The molecule has 2 atom stereocenters. The van der Waals surface area contributed by atoms with Gasteiger partial charge in [-0.05, 0) is 25.7 Å². The maximum absolute atomic E-state index is 11.1. The minimum atomic E-state index is -0.133. The Balaban J connectivity index is 3.87. The molecule has 0 saturated heterocycles. The Bertz CT molecular complexity index is 162. The summed E-state index contributed by atoms with van der Waals surface area (Å²) in [6.45, 7) is 11.7. The van der Waals surface area contributed by atoms with Crippen LogP contribution in [0, 0.1) is 16.7 Å². The van der Waals surface area contributed by atoms with Gasteiger partial charge in [0, 0.05) is 0 Å². The summed E-state index contributed by atoms with van der Waals surface area (Å²) in [7, 11) is 0. The average molecular weight is 204 g/mol. The van der Waals surface area contributed by atoms with Gasteiger partial charge >= 0.3 is 5.09 Å². The first-order valence-corrected chi connectivity index (χ1v) is 5.15. The van der Waals surface area contributed by atoms with Gasteiger partial charge in [0.05, 0.1) is 0 Å². The Kier molecular flexibility index (Phi) is 5.50. The Morgan fingerprint density at radius 3 is 1.29 bits per heavy atom. The fourth-order valence-corrected chi connectivity index (χ4v) is 0.540. The molecule has 0 bridgehead atoms. The van der Waals surface area contributed by atoms with Crippen molar-refractivity contribution in [1.82, 2.24) is 0 Å². The molecular formula is C10H22NO3+. The summed E-state index contributed by atoms with van der Waals surface area (Å²) < 4.78 is 0. The first-order valence-electron chi connectivity index (χ1n) is 5.15. The van der Waals surface area contributed by atoms with E-state index in [4.69, 9.17) is 9.68 Å². The molecule has 0 aromatic heterocycles. The molecule has 0 rings (SSSR count). The SMILES string of the molecule is CC(C)C(C)O[N+](=O)OC(C)C(C)C. The summed E-state index contributed by atoms with van der Waals surface area (Å²) in [4.78, 5) is 21.1. The van der Waals surface area contributed by atoms with Crippen LogP contribution in [0.15, 0.2) is 0 Å². The zero-order valence-electron chi connectivity index (χ0n) is 9.98. The molecule has 0 aliphatic carbocycles. The molecule has 4 nitrogen and oxygen atoms in total. The van der Waals surface area contributed by atoms with Crippen molar-refractivity contribution in [3.05, 3.63) is 4.91 Å². The summed E-state index contributed by atoms with van der Waals surface area (Å²) >= 11 is 0. The number of rotatable bonds is 6. The summed E-state index contributed by atoms with van der Waals surface area (Å²) in [6, 6.07) is 0. The molecular weight excluding hydrogens is 182 g/mol. The molecule has 14 heavy (non-hydrogen) atoms. The highest BCUT2D eigenvalue weighted by molar-refractivity contribution is 4.51. The lowest BCUT2D eigenvalue weighted by molar-refractivity contribution is -0.993. The van der Waals surface area contributed by atoms with Crippen molar-refractivity contribution in [2.24, 2.45) is 11.8 Å². The predicted molar refractivity (Wildman–Crippen MR) is 54.4 cm³/mol. The van der Waals surface area contributed by atoms with E-state index in [-0.39, 0.29) is 17.3 Å². The molecule has 0 aliphatic rings. The van der Waals surface area contributed by atoms with Crippen LogP contribution in [0.3, 0.4) is 0 Å². The van der Waals surface area contributed by atoms with E-state index in [2.05, 4.69) is 0 Å². The van der Waals surface area contributed by atoms with E-state index in [1.54, 1.807) is 0 Å². The van der Waals surface area contributed by atoms with Gasteiger partial charge in [-0.3, -0.25) is 0 Å². The van der Waals surface area contributed by atoms with Gasteiger partial charge in [0.25, 0.3) is 0 Å². The van der Waals surface area contributed by atoms with Gasteiger partial charge in [0.2, 0.25) is 0 Å². The van der Waals surface area contributed by atoms with Gasteiger partial charge < -0.3 is 0 Å². The predicted octanol–water partition coefficient (Wildman–Crippen LogP) is 2.72. The summed E-state index contributed by atoms with van der Waals surface area (Å²) in [5.74, 6) is 0.591. The highest BCUT2D eigenvalue weighted by Gasteiger charge is 2.25. The van der Waals surface area contributed by atoms with Gasteiger partial charge in [-0.15, -0.1) is 0 Å². The Hall–Kier alpha value is -0.800. The lowest BCUT2D eigenvalue weighted by Gasteiger charge is -2.11. The van der Waals surface area contributed by atoms with Crippen LogP contribution in [0.4, 0.5) is 0 Å². The molecule has 84 valence electrons. The zero-order valence-corrected chi connectivity index (χ0v) is 9.98. The van der Waals surface area contributed by atoms with Crippen molar-refractivity contribution in [2.75, 3.05) is 0 Å². The Morgan fingerprint density at radius 2 is 1.07 bits per heavy atom. The van der Waals surface area contributed by atoms with E-state index >= 15 is 0 Å². The second kappa shape index (κ2) is 5.83. The van der Waals surface area contributed by atoms with E-state index in [1.165, 1.54) is 0 Å². The van der Waals surface area contributed by atoms with Crippen LogP contribution >= 0.6 is 0 Å². The molecule has 0 N–H and O–H groups in total. The van der Waals surface area contributed by atoms with Crippen LogP contribution in [0.25, 0.3) is 0 Å². The molecule has 0 aliphatic heterocycles. The fraction of sp³-hybridized carbons (Fsp3) is 1.00. The third-order valence-electron chi connectivity index (χ3n) is 2.38. The average Bonchev–Trinajstić information content (AvgIpc) is 2.03. The second-order valence-electron chi connectivity index (χ2n) is 4.33. The molecule has 0 aromatic rings. The fourth-order valence-electron chi connectivity index (χ4n) is 0.540.